The maximum atomic E-state index is 9.71. The molecule has 1 aliphatic carbocycles. The number of hydrogen-bond donors (Lipinski definition) is 1. The lowest BCUT2D eigenvalue weighted by molar-refractivity contribution is 0.0268. The van der Waals surface area contributed by atoms with E-state index in [1.165, 1.54) is 19.3 Å². The number of rotatable bonds is 2. The molecule has 0 radical (unpaired) electrons. The van der Waals surface area contributed by atoms with Crippen LogP contribution >= 0.6 is 0 Å². The fraction of sp³-hybridized carbons (Fsp3) is 1.00. The summed E-state index contributed by atoms with van der Waals surface area (Å²) in [6.45, 7) is 8.84. The van der Waals surface area contributed by atoms with E-state index in [0.717, 1.165) is 17.8 Å². The van der Waals surface area contributed by atoms with Crippen molar-refractivity contribution in [3.63, 3.8) is 0 Å². The van der Waals surface area contributed by atoms with Crippen LogP contribution in [-0.2, 0) is 0 Å². The van der Waals surface area contributed by atoms with Crippen LogP contribution in [0.1, 0.15) is 47.0 Å². The van der Waals surface area contributed by atoms with Crippen molar-refractivity contribution in [2.45, 2.75) is 53.1 Å². The van der Waals surface area contributed by atoms with Gasteiger partial charge in [-0.1, -0.05) is 27.2 Å². The molecule has 0 unspecified atom stereocenters. The molecular weight excluding hydrogens is 160 g/mol. The number of aliphatic hydroxyl groups excluding tert-OH is 1. The zero-order valence-electron chi connectivity index (χ0n) is 9.46. The molecule has 4 atom stereocenters. The van der Waals surface area contributed by atoms with E-state index in [4.69, 9.17) is 0 Å². The van der Waals surface area contributed by atoms with E-state index in [-0.39, 0.29) is 6.10 Å². The highest BCUT2D eigenvalue weighted by atomic mass is 16.3. The van der Waals surface area contributed by atoms with Gasteiger partial charge < -0.3 is 5.11 Å². The smallest absolute Gasteiger partial charge is 0.0543 e. The van der Waals surface area contributed by atoms with Crippen molar-refractivity contribution in [1.82, 2.24) is 0 Å². The molecule has 0 saturated heterocycles. The van der Waals surface area contributed by atoms with Crippen LogP contribution in [0, 0.1) is 23.7 Å². The van der Waals surface area contributed by atoms with Crippen LogP contribution in [0.4, 0.5) is 0 Å². The van der Waals surface area contributed by atoms with Gasteiger partial charge in [0.25, 0.3) is 0 Å². The highest BCUT2D eigenvalue weighted by Gasteiger charge is 2.33. The van der Waals surface area contributed by atoms with E-state index in [1.807, 2.05) is 6.92 Å². The van der Waals surface area contributed by atoms with Gasteiger partial charge in [0.05, 0.1) is 6.10 Å². The first-order valence-corrected chi connectivity index (χ1v) is 5.70. The minimum atomic E-state index is -0.116. The average Bonchev–Trinajstić information content (AvgIpc) is 2.03. The average molecular weight is 184 g/mol. The molecule has 0 aromatic rings. The SMILES string of the molecule is CC(C)[C@H]1CC[C@H](C)C[C@@H]1[C@H](C)O. The molecule has 1 fully saturated rings. The highest BCUT2D eigenvalue weighted by Crippen LogP contribution is 2.39. The third-order valence-electron chi connectivity index (χ3n) is 3.69. The Balaban J connectivity index is 2.60. The van der Waals surface area contributed by atoms with Crippen molar-refractivity contribution >= 4 is 0 Å². The van der Waals surface area contributed by atoms with Gasteiger partial charge in [-0.15, -0.1) is 0 Å². The zero-order chi connectivity index (χ0) is 10.0. The van der Waals surface area contributed by atoms with Gasteiger partial charge in [0, 0.05) is 0 Å². The molecule has 0 aromatic heterocycles. The summed E-state index contributed by atoms with van der Waals surface area (Å²) in [6, 6.07) is 0. The van der Waals surface area contributed by atoms with Gasteiger partial charge in [-0.3, -0.25) is 0 Å². The van der Waals surface area contributed by atoms with Gasteiger partial charge in [-0.05, 0) is 43.4 Å². The normalized spacial score (nSPS) is 37.8. The molecule has 1 saturated carbocycles. The summed E-state index contributed by atoms with van der Waals surface area (Å²) < 4.78 is 0. The monoisotopic (exact) mass is 184 g/mol. The topological polar surface area (TPSA) is 20.2 Å². The number of aliphatic hydroxyl groups is 1. The van der Waals surface area contributed by atoms with Crippen LogP contribution in [0.2, 0.25) is 0 Å². The molecule has 1 nitrogen and oxygen atoms in total. The molecule has 0 amide bonds. The van der Waals surface area contributed by atoms with E-state index in [0.29, 0.717) is 5.92 Å². The van der Waals surface area contributed by atoms with Gasteiger partial charge in [-0.25, -0.2) is 0 Å². The maximum absolute atomic E-state index is 9.71. The van der Waals surface area contributed by atoms with Crippen LogP contribution < -0.4 is 0 Å². The molecule has 1 aliphatic rings. The molecule has 78 valence electrons. The first kappa shape index (κ1) is 11.0. The first-order chi connectivity index (χ1) is 6.02. The third-order valence-corrected chi connectivity index (χ3v) is 3.69. The van der Waals surface area contributed by atoms with Gasteiger partial charge in [0.15, 0.2) is 0 Å². The second-order valence-corrected chi connectivity index (χ2v) is 5.23. The Morgan fingerprint density at radius 3 is 2.15 bits per heavy atom. The lowest BCUT2D eigenvalue weighted by Gasteiger charge is -2.39. The minimum absolute atomic E-state index is 0.116. The first-order valence-electron chi connectivity index (χ1n) is 5.70. The minimum Gasteiger partial charge on any atom is -0.393 e. The van der Waals surface area contributed by atoms with E-state index < -0.39 is 0 Å². The van der Waals surface area contributed by atoms with Gasteiger partial charge >= 0.3 is 0 Å². The summed E-state index contributed by atoms with van der Waals surface area (Å²) in [4.78, 5) is 0. The van der Waals surface area contributed by atoms with Crippen molar-refractivity contribution in [2.24, 2.45) is 23.7 Å². The molecule has 1 N–H and O–H groups in total. The van der Waals surface area contributed by atoms with Gasteiger partial charge in [0.1, 0.15) is 0 Å². The molecule has 1 heteroatoms. The van der Waals surface area contributed by atoms with Crippen molar-refractivity contribution in [3.05, 3.63) is 0 Å². The maximum Gasteiger partial charge on any atom is 0.0543 e. The van der Waals surface area contributed by atoms with E-state index >= 15 is 0 Å². The predicted molar refractivity (Wildman–Crippen MR) is 56.5 cm³/mol. The zero-order valence-corrected chi connectivity index (χ0v) is 9.46. The predicted octanol–water partition coefficient (Wildman–Crippen LogP) is 3.08. The Morgan fingerprint density at radius 1 is 1.08 bits per heavy atom. The van der Waals surface area contributed by atoms with Crippen LogP contribution in [0.3, 0.4) is 0 Å². The summed E-state index contributed by atoms with van der Waals surface area (Å²) >= 11 is 0. The Hall–Kier alpha value is -0.0400. The Kier molecular flexibility index (Phi) is 3.78. The summed E-state index contributed by atoms with van der Waals surface area (Å²) in [5, 5.41) is 9.71. The summed E-state index contributed by atoms with van der Waals surface area (Å²) in [5.74, 6) is 2.83. The Labute approximate surface area is 82.5 Å². The van der Waals surface area contributed by atoms with E-state index in [2.05, 4.69) is 20.8 Å². The van der Waals surface area contributed by atoms with E-state index in [9.17, 15) is 5.11 Å². The summed E-state index contributed by atoms with van der Waals surface area (Å²) in [6.07, 6.45) is 3.77. The number of hydrogen-bond acceptors (Lipinski definition) is 1. The van der Waals surface area contributed by atoms with Crippen LogP contribution in [0.25, 0.3) is 0 Å². The van der Waals surface area contributed by atoms with Crippen LogP contribution in [-0.4, -0.2) is 11.2 Å². The van der Waals surface area contributed by atoms with Crippen molar-refractivity contribution in [2.75, 3.05) is 0 Å². The molecule has 1 rings (SSSR count). The summed E-state index contributed by atoms with van der Waals surface area (Å²) in [5.41, 5.74) is 0. The van der Waals surface area contributed by atoms with Crippen molar-refractivity contribution in [3.8, 4) is 0 Å². The molecule has 0 aliphatic heterocycles. The van der Waals surface area contributed by atoms with Gasteiger partial charge in [-0.2, -0.15) is 0 Å². The van der Waals surface area contributed by atoms with Gasteiger partial charge in [0.2, 0.25) is 0 Å². The van der Waals surface area contributed by atoms with Crippen molar-refractivity contribution < 1.29 is 5.11 Å². The van der Waals surface area contributed by atoms with Crippen molar-refractivity contribution in [1.29, 1.82) is 0 Å². The lowest BCUT2D eigenvalue weighted by Crippen LogP contribution is -2.34. The molecule has 0 heterocycles. The van der Waals surface area contributed by atoms with Crippen LogP contribution in [0.15, 0.2) is 0 Å². The molecular formula is C12H24O. The second kappa shape index (κ2) is 4.45. The van der Waals surface area contributed by atoms with Crippen LogP contribution in [0.5, 0.6) is 0 Å². The Bertz CT molecular complexity index is 151. The standard InChI is InChI=1S/C12H24O/c1-8(2)11-6-5-9(3)7-12(11)10(4)13/h8-13H,5-7H2,1-4H3/t9-,10-,11+,12+/m0/s1. The summed E-state index contributed by atoms with van der Waals surface area (Å²) in [7, 11) is 0. The molecule has 0 spiro atoms. The highest BCUT2D eigenvalue weighted by molar-refractivity contribution is 4.83. The fourth-order valence-electron chi connectivity index (χ4n) is 2.83. The largest absolute Gasteiger partial charge is 0.393 e. The third kappa shape index (κ3) is 2.70. The molecule has 0 aromatic carbocycles. The van der Waals surface area contributed by atoms with E-state index in [1.54, 1.807) is 0 Å². The second-order valence-electron chi connectivity index (χ2n) is 5.23. The lowest BCUT2D eigenvalue weighted by atomic mass is 9.68. The molecule has 13 heavy (non-hydrogen) atoms. The molecule has 0 bridgehead atoms. The Morgan fingerprint density at radius 2 is 1.69 bits per heavy atom. The fourth-order valence-corrected chi connectivity index (χ4v) is 2.83. The quantitative estimate of drug-likeness (QED) is 0.699.